The Hall–Kier alpha value is -3.13. The Morgan fingerprint density at radius 1 is 1.23 bits per heavy atom. The monoisotopic (exact) mass is 377 g/mol. The zero-order valence-corrected chi connectivity index (χ0v) is 14.5. The number of carbonyl (C=O) groups excluding carboxylic acids is 1. The quantitative estimate of drug-likeness (QED) is 0.587. The number of nitrogens with zero attached hydrogens (tertiary/aromatic N) is 2. The van der Waals surface area contributed by atoms with E-state index in [1.165, 1.54) is 25.1 Å². The number of halogens is 1. The van der Waals surface area contributed by atoms with Gasteiger partial charge in [0, 0.05) is 22.3 Å². The number of carbonyl (C=O) groups is 2. The summed E-state index contributed by atoms with van der Waals surface area (Å²) in [6.45, 7) is 1.10. The molecule has 2 N–H and O–H groups in total. The first-order chi connectivity index (χ1) is 12.3. The molecule has 136 valence electrons. The lowest BCUT2D eigenvalue weighted by Gasteiger charge is -2.26. The number of urea groups is 1. The first-order valence-corrected chi connectivity index (χ1v) is 7.95. The van der Waals surface area contributed by atoms with Crippen molar-refractivity contribution in [1.82, 2.24) is 4.90 Å². The number of para-hydroxylation sites is 1. The molecule has 0 radical (unpaired) electrons. The maximum atomic E-state index is 12.6. The molecule has 2 aromatic rings. The molecule has 0 aliphatic carbocycles. The fourth-order valence-electron chi connectivity index (χ4n) is 2.25. The highest BCUT2D eigenvalue weighted by atomic mass is 35.5. The van der Waals surface area contributed by atoms with Gasteiger partial charge in [-0.25, -0.2) is 9.59 Å². The van der Waals surface area contributed by atoms with Crippen molar-refractivity contribution in [3.8, 4) is 0 Å². The smallest absolute Gasteiger partial charge is 0.326 e. The van der Waals surface area contributed by atoms with Crippen LogP contribution in [-0.2, 0) is 11.3 Å². The standard InChI is InChI=1S/C17H16ClN3O5/c1-11(16(22)23)20(10-12-4-2-3-5-15(12)21(25)26)17(24)19-14-8-6-13(18)7-9-14/h2-9,11H,10H2,1H3,(H,19,24)(H,22,23). The fraction of sp³-hybridized carbons (Fsp3) is 0.176. The molecule has 0 fully saturated rings. The van der Waals surface area contributed by atoms with Crippen LogP contribution in [0.1, 0.15) is 12.5 Å². The van der Waals surface area contributed by atoms with Gasteiger partial charge < -0.3 is 15.3 Å². The van der Waals surface area contributed by atoms with Gasteiger partial charge >= 0.3 is 12.0 Å². The second kappa shape index (κ2) is 8.30. The van der Waals surface area contributed by atoms with Gasteiger partial charge in [0.25, 0.3) is 5.69 Å². The van der Waals surface area contributed by atoms with E-state index in [1.54, 1.807) is 30.3 Å². The first-order valence-electron chi connectivity index (χ1n) is 7.58. The summed E-state index contributed by atoms with van der Waals surface area (Å²) in [5, 5.41) is 23.5. The molecule has 0 saturated carbocycles. The normalized spacial score (nSPS) is 11.5. The number of aliphatic carboxylic acids is 1. The third kappa shape index (κ3) is 4.70. The van der Waals surface area contributed by atoms with E-state index in [-0.39, 0.29) is 17.8 Å². The SMILES string of the molecule is CC(C(=O)O)N(Cc1ccccc1[N+](=O)[O-])C(=O)Nc1ccc(Cl)cc1. The molecule has 2 aromatic carbocycles. The largest absolute Gasteiger partial charge is 0.480 e. The summed E-state index contributed by atoms with van der Waals surface area (Å²) < 4.78 is 0. The van der Waals surface area contributed by atoms with E-state index >= 15 is 0 Å². The number of hydrogen-bond donors (Lipinski definition) is 2. The van der Waals surface area contributed by atoms with Crippen molar-refractivity contribution in [2.75, 3.05) is 5.32 Å². The summed E-state index contributed by atoms with van der Waals surface area (Å²) in [5.41, 5.74) is 0.468. The van der Waals surface area contributed by atoms with E-state index in [1.807, 2.05) is 0 Å². The van der Waals surface area contributed by atoms with Crippen molar-refractivity contribution in [3.05, 3.63) is 69.2 Å². The number of hydrogen-bond acceptors (Lipinski definition) is 4. The van der Waals surface area contributed by atoms with E-state index in [0.29, 0.717) is 10.7 Å². The van der Waals surface area contributed by atoms with Crippen molar-refractivity contribution >= 4 is 35.0 Å². The molecule has 8 nitrogen and oxygen atoms in total. The van der Waals surface area contributed by atoms with Crippen molar-refractivity contribution in [3.63, 3.8) is 0 Å². The molecule has 0 aliphatic heterocycles. The average molecular weight is 378 g/mol. The summed E-state index contributed by atoms with van der Waals surface area (Å²) in [5.74, 6) is -1.23. The van der Waals surface area contributed by atoms with Crippen LogP contribution in [0, 0.1) is 10.1 Å². The average Bonchev–Trinajstić information content (AvgIpc) is 2.61. The molecule has 0 bridgehead atoms. The lowest BCUT2D eigenvalue weighted by molar-refractivity contribution is -0.385. The zero-order valence-electron chi connectivity index (χ0n) is 13.8. The number of amides is 2. The van der Waals surface area contributed by atoms with Gasteiger partial charge in [0.2, 0.25) is 0 Å². The topological polar surface area (TPSA) is 113 Å². The van der Waals surface area contributed by atoms with Crippen LogP contribution in [0.3, 0.4) is 0 Å². The van der Waals surface area contributed by atoms with Crippen LogP contribution in [0.5, 0.6) is 0 Å². The van der Waals surface area contributed by atoms with Crippen LogP contribution in [0.2, 0.25) is 5.02 Å². The van der Waals surface area contributed by atoms with Gasteiger partial charge in [0.15, 0.2) is 0 Å². The summed E-state index contributed by atoms with van der Waals surface area (Å²) >= 11 is 5.79. The van der Waals surface area contributed by atoms with Gasteiger partial charge in [0.05, 0.1) is 11.5 Å². The van der Waals surface area contributed by atoms with E-state index in [2.05, 4.69) is 5.32 Å². The lowest BCUT2D eigenvalue weighted by atomic mass is 10.1. The molecule has 26 heavy (non-hydrogen) atoms. The Balaban J connectivity index is 2.29. The number of carboxylic acids is 1. The second-order valence-corrected chi connectivity index (χ2v) is 5.90. The van der Waals surface area contributed by atoms with Crippen molar-refractivity contribution < 1.29 is 19.6 Å². The number of rotatable bonds is 6. The number of benzene rings is 2. The molecule has 1 atom stereocenters. The first kappa shape index (κ1) is 19.2. The predicted octanol–water partition coefficient (Wildman–Crippen LogP) is 3.76. The molecule has 0 saturated heterocycles. The molecule has 0 aromatic heterocycles. The number of nitro benzene ring substituents is 1. The molecule has 0 heterocycles. The van der Waals surface area contributed by atoms with Crippen molar-refractivity contribution in [2.45, 2.75) is 19.5 Å². The third-order valence-electron chi connectivity index (χ3n) is 3.71. The lowest BCUT2D eigenvalue weighted by Crippen LogP contribution is -2.45. The molecule has 1 unspecified atom stereocenters. The van der Waals surface area contributed by atoms with Gasteiger partial charge in [-0.2, -0.15) is 0 Å². The van der Waals surface area contributed by atoms with E-state index in [0.717, 1.165) is 4.90 Å². The van der Waals surface area contributed by atoms with Crippen LogP contribution >= 0.6 is 11.6 Å². The van der Waals surface area contributed by atoms with Crippen molar-refractivity contribution in [1.29, 1.82) is 0 Å². The number of nitrogens with one attached hydrogen (secondary N) is 1. The van der Waals surface area contributed by atoms with Crippen LogP contribution in [0.25, 0.3) is 0 Å². The zero-order chi connectivity index (χ0) is 19.3. The summed E-state index contributed by atoms with van der Waals surface area (Å²) in [4.78, 5) is 35.6. The highest BCUT2D eigenvalue weighted by Crippen LogP contribution is 2.22. The van der Waals surface area contributed by atoms with Crippen LogP contribution in [0.15, 0.2) is 48.5 Å². The molecule has 0 aliphatic rings. The van der Waals surface area contributed by atoms with E-state index in [9.17, 15) is 24.8 Å². The van der Waals surface area contributed by atoms with Gasteiger partial charge in [-0.1, -0.05) is 29.8 Å². The molecule has 2 rings (SSSR count). The van der Waals surface area contributed by atoms with Crippen LogP contribution in [0.4, 0.5) is 16.2 Å². The van der Waals surface area contributed by atoms with Crippen molar-refractivity contribution in [2.24, 2.45) is 0 Å². The summed E-state index contributed by atoms with van der Waals surface area (Å²) in [6, 6.07) is 10.3. The minimum Gasteiger partial charge on any atom is -0.480 e. The third-order valence-corrected chi connectivity index (χ3v) is 3.96. The van der Waals surface area contributed by atoms with E-state index < -0.39 is 23.0 Å². The Labute approximate surface area is 154 Å². The number of nitro groups is 1. The summed E-state index contributed by atoms with van der Waals surface area (Å²) in [6.07, 6.45) is 0. The van der Waals surface area contributed by atoms with Crippen LogP contribution < -0.4 is 5.32 Å². The molecule has 2 amide bonds. The van der Waals surface area contributed by atoms with Gasteiger partial charge in [-0.3, -0.25) is 10.1 Å². The van der Waals surface area contributed by atoms with E-state index in [4.69, 9.17) is 11.6 Å². The predicted molar refractivity (Wildman–Crippen MR) is 96.2 cm³/mol. The minimum atomic E-state index is -1.23. The highest BCUT2D eigenvalue weighted by molar-refractivity contribution is 6.30. The van der Waals surface area contributed by atoms with Crippen LogP contribution in [-0.4, -0.2) is 33.0 Å². The highest BCUT2D eigenvalue weighted by Gasteiger charge is 2.28. The Bertz CT molecular complexity index is 825. The maximum Gasteiger partial charge on any atom is 0.326 e. The van der Waals surface area contributed by atoms with Gasteiger partial charge in [-0.05, 0) is 31.2 Å². The Morgan fingerprint density at radius 3 is 2.42 bits per heavy atom. The Kier molecular flexibility index (Phi) is 6.13. The Morgan fingerprint density at radius 2 is 1.85 bits per heavy atom. The molecular weight excluding hydrogens is 362 g/mol. The number of anilines is 1. The summed E-state index contributed by atoms with van der Waals surface area (Å²) in [7, 11) is 0. The number of carboxylic acid groups (broad SMARTS) is 1. The van der Waals surface area contributed by atoms with Gasteiger partial charge in [-0.15, -0.1) is 0 Å². The second-order valence-electron chi connectivity index (χ2n) is 5.46. The fourth-order valence-corrected chi connectivity index (χ4v) is 2.38. The molecule has 0 spiro atoms. The molecule has 9 heteroatoms. The molecular formula is C17H16ClN3O5. The van der Waals surface area contributed by atoms with Gasteiger partial charge in [0.1, 0.15) is 6.04 Å². The minimum absolute atomic E-state index is 0.186. The maximum absolute atomic E-state index is 12.6.